The Bertz CT molecular complexity index is 584. The van der Waals surface area contributed by atoms with Crippen LogP contribution in [0.25, 0.3) is 5.69 Å². The summed E-state index contributed by atoms with van der Waals surface area (Å²) in [6, 6.07) is 10.4. The molecule has 1 aromatic carbocycles. The zero-order chi connectivity index (χ0) is 13.2. The summed E-state index contributed by atoms with van der Waals surface area (Å²) in [5, 5.41) is 7.59. The zero-order valence-corrected chi connectivity index (χ0v) is 10.5. The van der Waals surface area contributed by atoms with Gasteiger partial charge in [-0.1, -0.05) is 12.1 Å². The molecule has 1 aromatic heterocycles. The maximum absolute atomic E-state index is 11.0. The number of hydrogen-bond acceptors (Lipinski definition) is 3. The van der Waals surface area contributed by atoms with Gasteiger partial charge in [0.2, 0.25) is 0 Å². The topological polar surface area (TPSA) is 72.9 Å². The predicted molar refractivity (Wildman–Crippen MR) is 71.9 cm³/mol. The molecule has 3 rings (SSSR count). The van der Waals surface area contributed by atoms with Crippen LogP contribution in [0.5, 0.6) is 0 Å². The molecule has 5 nitrogen and oxygen atoms in total. The van der Waals surface area contributed by atoms with Crippen LogP contribution in [0.3, 0.4) is 0 Å². The van der Waals surface area contributed by atoms with E-state index in [0.717, 1.165) is 12.2 Å². The number of hydrogen-bond donors (Lipinski definition) is 2. The van der Waals surface area contributed by atoms with Gasteiger partial charge >= 0.3 is 0 Å². The first-order chi connectivity index (χ1) is 9.22. The number of amides is 1. The van der Waals surface area contributed by atoms with Crippen LogP contribution in [0.15, 0.2) is 36.5 Å². The van der Waals surface area contributed by atoms with Crippen LogP contribution in [0.4, 0.5) is 0 Å². The summed E-state index contributed by atoms with van der Waals surface area (Å²) >= 11 is 0. The van der Waals surface area contributed by atoms with E-state index >= 15 is 0 Å². The second-order valence-electron chi connectivity index (χ2n) is 4.83. The molecule has 2 aromatic rings. The molecule has 1 heterocycles. The van der Waals surface area contributed by atoms with Crippen molar-refractivity contribution >= 4 is 5.91 Å². The van der Waals surface area contributed by atoms with E-state index in [2.05, 4.69) is 22.5 Å². The first-order valence-corrected chi connectivity index (χ1v) is 6.40. The van der Waals surface area contributed by atoms with Crippen LogP contribution in [0, 0.1) is 0 Å². The molecule has 0 bridgehead atoms. The Morgan fingerprint density at radius 1 is 1.32 bits per heavy atom. The lowest BCUT2D eigenvalue weighted by Gasteiger charge is -2.05. The van der Waals surface area contributed by atoms with Crippen LogP contribution in [0.2, 0.25) is 0 Å². The van der Waals surface area contributed by atoms with Gasteiger partial charge in [0.1, 0.15) is 5.69 Å². The smallest absolute Gasteiger partial charge is 0.269 e. The molecule has 1 fully saturated rings. The van der Waals surface area contributed by atoms with Gasteiger partial charge in [0.05, 0.1) is 5.69 Å². The minimum absolute atomic E-state index is 0.277. The summed E-state index contributed by atoms with van der Waals surface area (Å²) in [5.74, 6) is -0.510. The van der Waals surface area contributed by atoms with Crippen LogP contribution in [0.1, 0.15) is 28.9 Å². The maximum Gasteiger partial charge on any atom is 0.269 e. The van der Waals surface area contributed by atoms with Crippen molar-refractivity contribution in [2.45, 2.75) is 25.4 Å². The molecule has 1 saturated carbocycles. The van der Waals surface area contributed by atoms with Gasteiger partial charge in [-0.15, -0.1) is 0 Å². The highest BCUT2D eigenvalue weighted by Crippen LogP contribution is 2.19. The number of carbonyl (C=O) groups is 1. The Balaban J connectivity index is 1.71. The van der Waals surface area contributed by atoms with E-state index in [4.69, 9.17) is 5.73 Å². The Hall–Kier alpha value is -2.14. The highest BCUT2D eigenvalue weighted by molar-refractivity contribution is 5.90. The molecule has 0 saturated heterocycles. The second kappa shape index (κ2) is 4.85. The molecular formula is C14H16N4O. The molecule has 98 valence electrons. The molecule has 19 heavy (non-hydrogen) atoms. The normalized spacial score (nSPS) is 14.5. The Kier molecular flexibility index (Phi) is 3.05. The van der Waals surface area contributed by atoms with E-state index in [1.165, 1.54) is 18.4 Å². The van der Waals surface area contributed by atoms with Gasteiger partial charge in [-0.05, 0) is 36.6 Å². The fraction of sp³-hybridized carbons (Fsp3) is 0.286. The molecule has 5 heteroatoms. The van der Waals surface area contributed by atoms with Crippen molar-refractivity contribution in [2.24, 2.45) is 5.73 Å². The molecule has 0 spiro atoms. The molecule has 1 aliphatic carbocycles. The van der Waals surface area contributed by atoms with Crippen LogP contribution in [-0.4, -0.2) is 21.7 Å². The summed E-state index contributed by atoms with van der Waals surface area (Å²) in [5.41, 5.74) is 7.62. The standard InChI is InChI=1S/C14H16N4O/c15-14(19)13-7-8-18(17-13)12-5-1-10(2-6-12)9-16-11-3-4-11/h1-2,5-8,11,16H,3-4,9H2,(H2,15,19). The monoisotopic (exact) mass is 256 g/mol. The van der Waals surface area contributed by atoms with E-state index in [1.807, 2.05) is 12.1 Å². The van der Waals surface area contributed by atoms with Gasteiger partial charge in [-0.2, -0.15) is 5.10 Å². The minimum Gasteiger partial charge on any atom is -0.364 e. The van der Waals surface area contributed by atoms with Crippen molar-refractivity contribution in [3.8, 4) is 5.69 Å². The Morgan fingerprint density at radius 3 is 2.63 bits per heavy atom. The van der Waals surface area contributed by atoms with Crippen molar-refractivity contribution < 1.29 is 4.79 Å². The van der Waals surface area contributed by atoms with Crippen molar-refractivity contribution in [2.75, 3.05) is 0 Å². The van der Waals surface area contributed by atoms with Gasteiger partial charge in [0, 0.05) is 18.8 Å². The third-order valence-electron chi connectivity index (χ3n) is 3.21. The van der Waals surface area contributed by atoms with Crippen molar-refractivity contribution in [3.63, 3.8) is 0 Å². The number of carbonyl (C=O) groups excluding carboxylic acids is 1. The lowest BCUT2D eigenvalue weighted by Crippen LogP contribution is -2.15. The summed E-state index contributed by atoms with van der Waals surface area (Å²) in [4.78, 5) is 11.0. The molecule has 0 unspecified atom stereocenters. The van der Waals surface area contributed by atoms with Gasteiger partial charge < -0.3 is 11.1 Å². The third kappa shape index (κ3) is 2.82. The summed E-state index contributed by atoms with van der Waals surface area (Å²) in [7, 11) is 0. The van der Waals surface area contributed by atoms with E-state index in [1.54, 1.807) is 16.9 Å². The number of rotatable bonds is 5. The molecule has 1 aliphatic rings. The van der Waals surface area contributed by atoms with Gasteiger partial charge in [-0.25, -0.2) is 4.68 Å². The van der Waals surface area contributed by atoms with E-state index in [9.17, 15) is 4.79 Å². The van der Waals surface area contributed by atoms with Crippen molar-refractivity contribution in [1.82, 2.24) is 15.1 Å². The minimum atomic E-state index is -0.510. The average Bonchev–Trinajstić information content (AvgIpc) is 3.11. The summed E-state index contributed by atoms with van der Waals surface area (Å²) < 4.78 is 1.65. The Labute approximate surface area is 111 Å². The third-order valence-corrected chi connectivity index (χ3v) is 3.21. The number of nitrogens with two attached hydrogens (primary N) is 1. The van der Waals surface area contributed by atoms with Gasteiger partial charge in [0.25, 0.3) is 5.91 Å². The second-order valence-corrected chi connectivity index (χ2v) is 4.83. The summed E-state index contributed by atoms with van der Waals surface area (Å²) in [6.45, 7) is 0.899. The first-order valence-electron chi connectivity index (χ1n) is 6.40. The van der Waals surface area contributed by atoms with Gasteiger partial charge in [-0.3, -0.25) is 4.79 Å². The van der Waals surface area contributed by atoms with Crippen LogP contribution < -0.4 is 11.1 Å². The fourth-order valence-corrected chi connectivity index (χ4v) is 1.92. The highest BCUT2D eigenvalue weighted by atomic mass is 16.1. The number of nitrogens with zero attached hydrogens (tertiary/aromatic N) is 2. The quantitative estimate of drug-likeness (QED) is 0.845. The van der Waals surface area contributed by atoms with Gasteiger partial charge in [0.15, 0.2) is 0 Å². The predicted octanol–water partition coefficient (Wildman–Crippen LogP) is 1.22. The maximum atomic E-state index is 11.0. The summed E-state index contributed by atoms with van der Waals surface area (Å²) in [6.07, 6.45) is 4.32. The van der Waals surface area contributed by atoms with E-state index < -0.39 is 5.91 Å². The zero-order valence-electron chi connectivity index (χ0n) is 10.5. The molecule has 0 aliphatic heterocycles. The molecular weight excluding hydrogens is 240 g/mol. The van der Waals surface area contributed by atoms with Crippen molar-refractivity contribution in [3.05, 3.63) is 47.8 Å². The SMILES string of the molecule is NC(=O)c1ccn(-c2ccc(CNC3CC3)cc2)n1. The number of aromatic nitrogens is 2. The lowest BCUT2D eigenvalue weighted by atomic mass is 10.2. The number of benzene rings is 1. The Morgan fingerprint density at radius 2 is 2.05 bits per heavy atom. The molecule has 3 N–H and O–H groups in total. The average molecular weight is 256 g/mol. The largest absolute Gasteiger partial charge is 0.364 e. The highest BCUT2D eigenvalue weighted by Gasteiger charge is 2.19. The number of nitrogens with one attached hydrogen (secondary N) is 1. The van der Waals surface area contributed by atoms with E-state index in [0.29, 0.717) is 6.04 Å². The number of primary amides is 1. The first kappa shape index (κ1) is 11.9. The molecule has 0 atom stereocenters. The molecule has 0 radical (unpaired) electrons. The lowest BCUT2D eigenvalue weighted by molar-refractivity contribution is 0.0995. The van der Waals surface area contributed by atoms with E-state index in [-0.39, 0.29) is 5.69 Å². The molecule has 1 amide bonds. The van der Waals surface area contributed by atoms with Crippen LogP contribution >= 0.6 is 0 Å². The van der Waals surface area contributed by atoms with Crippen LogP contribution in [-0.2, 0) is 6.54 Å². The fourth-order valence-electron chi connectivity index (χ4n) is 1.92. The van der Waals surface area contributed by atoms with Crippen molar-refractivity contribution in [1.29, 1.82) is 0 Å².